The van der Waals surface area contributed by atoms with E-state index in [9.17, 15) is 4.79 Å². The molecule has 3 heteroatoms. The third-order valence-corrected chi connectivity index (χ3v) is 2.68. The van der Waals surface area contributed by atoms with Crippen LogP contribution in [-0.2, 0) is 9.53 Å². The van der Waals surface area contributed by atoms with Crippen LogP contribution in [0.1, 0.15) is 19.8 Å². The molecule has 13 heavy (non-hydrogen) atoms. The van der Waals surface area contributed by atoms with Gasteiger partial charge in [-0.1, -0.05) is 0 Å². The van der Waals surface area contributed by atoms with Gasteiger partial charge in [-0.05, 0) is 38.9 Å². The fraction of sp³-hybridized carbons (Fsp3) is 0.700. The number of carbonyl (C=O) groups excluding carboxylic acids is 1. The molecular formula is C10H17NO2. The quantitative estimate of drug-likeness (QED) is 0.452. The first-order valence-corrected chi connectivity index (χ1v) is 4.64. The Labute approximate surface area is 79.4 Å². The molecular weight excluding hydrogens is 166 g/mol. The minimum Gasteiger partial charge on any atom is -0.466 e. The molecule has 1 aliphatic rings. The summed E-state index contributed by atoms with van der Waals surface area (Å²) in [5, 5.41) is 0. The summed E-state index contributed by atoms with van der Waals surface area (Å²) in [4.78, 5) is 13.3. The average molecular weight is 183 g/mol. The normalized spacial score (nSPS) is 27.6. The van der Waals surface area contributed by atoms with Crippen LogP contribution >= 0.6 is 0 Å². The molecule has 0 aromatic carbocycles. The molecule has 1 unspecified atom stereocenters. The summed E-state index contributed by atoms with van der Waals surface area (Å²) in [5.41, 5.74) is 1.18. The van der Waals surface area contributed by atoms with E-state index in [0.717, 1.165) is 19.4 Å². The highest BCUT2D eigenvalue weighted by atomic mass is 16.5. The fourth-order valence-electron chi connectivity index (χ4n) is 1.62. The molecule has 1 fully saturated rings. The van der Waals surface area contributed by atoms with Crippen molar-refractivity contribution in [3.63, 3.8) is 0 Å². The number of carbonyl (C=O) groups is 1. The second-order valence-corrected chi connectivity index (χ2v) is 3.50. The Hall–Kier alpha value is -0.830. The van der Waals surface area contributed by atoms with Gasteiger partial charge in [-0.2, -0.15) is 0 Å². The largest absolute Gasteiger partial charge is 0.466 e. The van der Waals surface area contributed by atoms with Gasteiger partial charge < -0.3 is 4.74 Å². The van der Waals surface area contributed by atoms with Crippen LogP contribution in [0.25, 0.3) is 0 Å². The van der Waals surface area contributed by atoms with E-state index < -0.39 is 0 Å². The summed E-state index contributed by atoms with van der Waals surface area (Å²) >= 11 is 0. The number of hydrogen-bond acceptors (Lipinski definition) is 3. The lowest BCUT2D eigenvalue weighted by Gasteiger charge is -2.31. The van der Waals surface area contributed by atoms with Crippen LogP contribution in [0, 0.1) is 0 Å². The third-order valence-electron chi connectivity index (χ3n) is 2.68. The number of piperidine rings is 1. The first-order valence-electron chi connectivity index (χ1n) is 4.64. The van der Waals surface area contributed by atoms with Gasteiger partial charge in [-0.25, -0.2) is 4.79 Å². The Morgan fingerprint density at radius 3 is 3.00 bits per heavy atom. The molecule has 74 valence electrons. The number of likely N-dealkylation sites (N-methyl/N-ethyl adjacent to an activating group) is 1. The van der Waals surface area contributed by atoms with E-state index >= 15 is 0 Å². The van der Waals surface area contributed by atoms with Crippen molar-refractivity contribution in [1.29, 1.82) is 0 Å². The molecule has 0 N–H and O–H groups in total. The lowest BCUT2D eigenvalue weighted by Crippen LogP contribution is -2.35. The Kier molecular flexibility index (Phi) is 3.48. The monoisotopic (exact) mass is 183 g/mol. The minimum absolute atomic E-state index is 0.239. The van der Waals surface area contributed by atoms with Gasteiger partial charge >= 0.3 is 5.97 Å². The van der Waals surface area contributed by atoms with Gasteiger partial charge in [0.2, 0.25) is 0 Å². The number of likely N-dealkylation sites (tertiary alicyclic amines) is 1. The molecule has 0 radical (unpaired) electrons. The van der Waals surface area contributed by atoms with Crippen molar-refractivity contribution in [2.75, 3.05) is 20.7 Å². The minimum atomic E-state index is -0.239. The Bertz CT molecular complexity index is 223. The van der Waals surface area contributed by atoms with Gasteiger partial charge in [-0.15, -0.1) is 0 Å². The third kappa shape index (κ3) is 2.56. The summed E-state index contributed by atoms with van der Waals surface area (Å²) in [7, 11) is 3.49. The van der Waals surface area contributed by atoms with Crippen LogP contribution in [0.3, 0.4) is 0 Å². The van der Waals surface area contributed by atoms with Gasteiger partial charge in [0.1, 0.15) is 0 Å². The standard InChI is InChI=1S/C10H17NO2/c1-8-9(7-10(12)13-3)5-4-6-11(8)2/h7-8H,4-6H2,1-3H3/b9-7+. The Morgan fingerprint density at radius 2 is 2.38 bits per heavy atom. The first-order chi connectivity index (χ1) is 6.15. The molecule has 0 bridgehead atoms. The second-order valence-electron chi connectivity index (χ2n) is 3.50. The highest BCUT2D eigenvalue weighted by molar-refractivity contribution is 5.82. The van der Waals surface area contributed by atoms with Crippen molar-refractivity contribution in [2.45, 2.75) is 25.8 Å². The van der Waals surface area contributed by atoms with Crippen molar-refractivity contribution in [2.24, 2.45) is 0 Å². The van der Waals surface area contributed by atoms with E-state index in [2.05, 4.69) is 23.6 Å². The molecule has 1 aliphatic heterocycles. The topological polar surface area (TPSA) is 29.5 Å². The maximum absolute atomic E-state index is 11.0. The predicted octanol–water partition coefficient (Wildman–Crippen LogP) is 1.20. The molecule has 1 rings (SSSR count). The number of methoxy groups -OCH3 is 1. The number of ether oxygens (including phenoxy) is 1. The zero-order valence-electron chi connectivity index (χ0n) is 8.54. The van der Waals surface area contributed by atoms with Crippen molar-refractivity contribution in [3.8, 4) is 0 Å². The summed E-state index contributed by atoms with van der Waals surface area (Å²) in [6.07, 6.45) is 3.77. The van der Waals surface area contributed by atoms with Crippen LogP contribution in [0.4, 0.5) is 0 Å². The summed E-state index contributed by atoms with van der Waals surface area (Å²) in [5.74, 6) is -0.239. The highest BCUT2D eigenvalue weighted by Gasteiger charge is 2.19. The summed E-state index contributed by atoms with van der Waals surface area (Å²) in [6.45, 7) is 3.23. The Balaban J connectivity index is 2.67. The average Bonchev–Trinajstić information content (AvgIpc) is 2.13. The molecule has 3 nitrogen and oxygen atoms in total. The lowest BCUT2D eigenvalue weighted by molar-refractivity contribution is -0.134. The van der Waals surface area contributed by atoms with E-state index in [0.29, 0.717) is 6.04 Å². The number of hydrogen-bond donors (Lipinski definition) is 0. The lowest BCUT2D eigenvalue weighted by atomic mass is 9.97. The molecule has 0 aliphatic carbocycles. The van der Waals surface area contributed by atoms with E-state index in [1.54, 1.807) is 6.08 Å². The van der Waals surface area contributed by atoms with E-state index in [1.807, 2.05) is 0 Å². The second kappa shape index (κ2) is 4.42. The molecule has 0 amide bonds. The van der Waals surface area contributed by atoms with Crippen LogP contribution in [0.5, 0.6) is 0 Å². The number of nitrogens with zero attached hydrogens (tertiary/aromatic N) is 1. The Morgan fingerprint density at radius 1 is 1.69 bits per heavy atom. The number of esters is 1. The summed E-state index contributed by atoms with van der Waals surface area (Å²) < 4.78 is 4.60. The molecule has 0 aromatic rings. The van der Waals surface area contributed by atoms with E-state index in [-0.39, 0.29) is 5.97 Å². The van der Waals surface area contributed by atoms with E-state index in [4.69, 9.17) is 0 Å². The maximum Gasteiger partial charge on any atom is 0.330 e. The van der Waals surface area contributed by atoms with E-state index in [1.165, 1.54) is 12.7 Å². The molecule has 0 saturated carbocycles. The summed E-state index contributed by atoms with van der Waals surface area (Å²) in [6, 6.07) is 0.368. The fourth-order valence-corrected chi connectivity index (χ4v) is 1.62. The predicted molar refractivity (Wildman–Crippen MR) is 51.4 cm³/mol. The first kappa shape index (κ1) is 10.3. The molecule has 1 saturated heterocycles. The smallest absolute Gasteiger partial charge is 0.330 e. The molecule has 0 spiro atoms. The van der Waals surface area contributed by atoms with Gasteiger partial charge in [0.05, 0.1) is 7.11 Å². The van der Waals surface area contributed by atoms with Crippen molar-refractivity contribution >= 4 is 5.97 Å². The van der Waals surface area contributed by atoms with Crippen LogP contribution < -0.4 is 0 Å². The van der Waals surface area contributed by atoms with Gasteiger partial charge in [0.25, 0.3) is 0 Å². The van der Waals surface area contributed by atoms with Crippen LogP contribution in [0.2, 0.25) is 0 Å². The maximum atomic E-state index is 11.0. The highest BCUT2D eigenvalue weighted by Crippen LogP contribution is 2.20. The van der Waals surface area contributed by atoms with Crippen LogP contribution in [0.15, 0.2) is 11.6 Å². The van der Waals surface area contributed by atoms with Crippen molar-refractivity contribution in [3.05, 3.63) is 11.6 Å². The number of rotatable bonds is 1. The zero-order valence-corrected chi connectivity index (χ0v) is 8.54. The molecule has 1 heterocycles. The SMILES string of the molecule is COC(=O)/C=C1\CCCN(C)C1C. The van der Waals surface area contributed by atoms with Gasteiger partial charge in [-0.3, -0.25) is 4.90 Å². The molecule has 0 aromatic heterocycles. The van der Waals surface area contributed by atoms with Crippen LogP contribution in [-0.4, -0.2) is 37.6 Å². The van der Waals surface area contributed by atoms with Crippen molar-refractivity contribution in [1.82, 2.24) is 4.90 Å². The van der Waals surface area contributed by atoms with Crippen molar-refractivity contribution < 1.29 is 9.53 Å². The zero-order chi connectivity index (χ0) is 9.84. The van der Waals surface area contributed by atoms with Gasteiger partial charge in [0.15, 0.2) is 0 Å². The molecule has 1 atom stereocenters. The van der Waals surface area contributed by atoms with Gasteiger partial charge in [0, 0.05) is 12.1 Å².